The van der Waals surface area contributed by atoms with E-state index in [-0.39, 0.29) is 11.7 Å². The van der Waals surface area contributed by atoms with E-state index in [4.69, 9.17) is 5.84 Å². The average molecular weight is 261 g/mol. The number of aryl methyl sites for hydroxylation is 1. The number of nitrogen functional groups attached to an aromatic ring is 1. The molecule has 5 heteroatoms. The number of carbonyl (C=O) groups excluding carboxylic acids is 1. The van der Waals surface area contributed by atoms with E-state index in [0.717, 1.165) is 17.7 Å². The van der Waals surface area contributed by atoms with Crippen molar-refractivity contribution in [2.24, 2.45) is 5.84 Å². The second-order valence-electron chi connectivity index (χ2n) is 4.25. The molecule has 0 aliphatic rings. The highest BCUT2D eigenvalue weighted by molar-refractivity contribution is 5.92. The first kappa shape index (κ1) is 13.3. The van der Waals surface area contributed by atoms with Gasteiger partial charge in [0.1, 0.15) is 11.5 Å². The molecule has 1 aromatic carbocycles. The van der Waals surface area contributed by atoms with E-state index in [0.29, 0.717) is 12.2 Å². The second-order valence-corrected chi connectivity index (χ2v) is 4.25. The predicted octanol–water partition coefficient (Wildman–Crippen LogP) is 1.84. The van der Waals surface area contributed by atoms with Gasteiger partial charge in [0.25, 0.3) is 5.91 Å². The number of carbonyl (C=O) groups is 1. The number of benzene rings is 1. The summed E-state index contributed by atoms with van der Waals surface area (Å²) in [6.45, 7) is 2.53. The quantitative estimate of drug-likeness (QED) is 0.501. The van der Waals surface area contributed by atoms with Gasteiger partial charge in [-0.1, -0.05) is 19.1 Å². The van der Waals surface area contributed by atoms with Crippen molar-refractivity contribution in [1.82, 2.24) is 9.99 Å². The van der Waals surface area contributed by atoms with E-state index < -0.39 is 0 Å². The normalized spacial score (nSPS) is 10.5. The van der Waals surface area contributed by atoms with Gasteiger partial charge >= 0.3 is 0 Å². The molecule has 0 aliphatic heterocycles. The lowest BCUT2D eigenvalue weighted by atomic mass is 10.2. The molecule has 2 aromatic rings. The zero-order valence-electron chi connectivity index (χ0n) is 10.7. The molecule has 3 N–H and O–H groups in total. The summed E-state index contributed by atoms with van der Waals surface area (Å²) < 4.78 is 14.8. The number of nitrogens with one attached hydrogen (secondary N) is 1. The molecule has 0 fully saturated rings. The lowest BCUT2D eigenvalue weighted by Crippen LogP contribution is -2.32. The van der Waals surface area contributed by atoms with Crippen LogP contribution < -0.4 is 11.3 Å². The highest BCUT2D eigenvalue weighted by atomic mass is 19.1. The topological polar surface area (TPSA) is 60.1 Å². The first-order chi connectivity index (χ1) is 9.15. The van der Waals surface area contributed by atoms with Gasteiger partial charge in [0, 0.05) is 12.2 Å². The first-order valence-electron chi connectivity index (χ1n) is 6.09. The van der Waals surface area contributed by atoms with Crippen LogP contribution in [0.2, 0.25) is 0 Å². The smallest absolute Gasteiger partial charge is 0.281 e. The molecule has 2 rings (SSSR count). The van der Waals surface area contributed by atoms with Gasteiger partial charge < -0.3 is 4.57 Å². The Hall–Kier alpha value is -2.14. The molecular formula is C14H16FN3O. The van der Waals surface area contributed by atoms with Crippen LogP contribution in [0.3, 0.4) is 0 Å². The van der Waals surface area contributed by atoms with Crippen LogP contribution in [0.5, 0.6) is 0 Å². The van der Waals surface area contributed by atoms with E-state index in [1.165, 1.54) is 12.1 Å². The monoisotopic (exact) mass is 261 g/mol. The van der Waals surface area contributed by atoms with Gasteiger partial charge in [-0.25, -0.2) is 10.2 Å². The van der Waals surface area contributed by atoms with Crippen LogP contribution in [0.1, 0.15) is 28.7 Å². The number of hydrazine groups is 1. The standard InChI is InChI=1S/C14H16FN3O/c1-2-12-7-8-13(14(19)17-16)18(12)9-10-3-5-11(15)6-4-10/h3-8H,2,9,16H2,1H3,(H,17,19). The Morgan fingerprint density at radius 1 is 1.26 bits per heavy atom. The molecule has 0 atom stereocenters. The highest BCUT2D eigenvalue weighted by Gasteiger charge is 2.13. The van der Waals surface area contributed by atoms with Crippen molar-refractivity contribution in [2.45, 2.75) is 19.9 Å². The Morgan fingerprint density at radius 3 is 2.53 bits per heavy atom. The van der Waals surface area contributed by atoms with Crippen LogP contribution in [-0.2, 0) is 13.0 Å². The van der Waals surface area contributed by atoms with Gasteiger partial charge in [-0.15, -0.1) is 0 Å². The third-order valence-electron chi connectivity index (χ3n) is 3.05. The van der Waals surface area contributed by atoms with Crippen LogP contribution >= 0.6 is 0 Å². The molecule has 19 heavy (non-hydrogen) atoms. The summed E-state index contributed by atoms with van der Waals surface area (Å²) in [5.41, 5.74) is 4.60. The van der Waals surface area contributed by atoms with Crippen molar-refractivity contribution in [3.05, 3.63) is 59.2 Å². The third-order valence-corrected chi connectivity index (χ3v) is 3.05. The molecule has 1 amide bonds. The number of rotatable bonds is 4. The number of nitrogens with two attached hydrogens (primary N) is 1. The molecule has 0 spiro atoms. The minimum atomic E-state index is -0.332. The zero-order valence-corrected chi connectivity index (χ0v) is 10.7. The average Bonchev–Trinajstić information content (AvgIpc) is 2.83. The van der Waals surface area contributed by atoms with E-state index in [1.54, 1.807) is 18.2 Å². The maximum absolute atomic E-state index is 12.9. The first-order valence-corrected chi connectivity index (χ1v) is 6.09. The number of hydrogen-bond acceptors (Lipinski definition) is 2. The highest BCUT2D eigenvalue weighted by Crippen LogP contribution is 2.14. The summed E-state index contributed by atoms with van der Waals surface area (Å²) in [7, 11) is 0. The molecule has 0 unspecified atom stereocenters. The Balaban J connectivity index is 2.34. The summed E-state index contributed by atoms with van der Waals surface area (Å²) in [5, 5.41) is 0. The predicted molar refractivity (Wildman–Crippen MR) is 71.0 cm³/mol. The second kappa shape index (κ2) is 5.67. The third kappa shape index (κ3) is 2.82. The number of nitrogens with zero attached hydrogens (tertiary/aromatic N) is 1. The summed E-state index contributed by atoms with van der Waals surface area (Å²) in [6, 6.07) is 9.87. The summed E-state index contributed by atoms with van der Waals surface area (Å²) in [5.74, 6) is 4.57. The van der Waals surface area contributed by atoms with Crippen molar-refractivity contribution in [3.8, 4) is 0 Å². The lowest BCUT2D eigenvalue weighted by molar-refractivity contribution is 0.0944. The van der Waals surface area contributed by atoms with Crippen LogP contribution in [0.4, 0.5) is 4.39 Å². The van der Waals surface area contributed by atoms with E-state index >= 15 is 0 Å². The van der Waals surface area contributed by atoms with Crippen molar-refractivity contribution >= 4 is 5.91 Å². The Kier molecular flexibility index (Phi) is 3.97. The molecule has 1 aromatic heterocycles. The van der Waals surface area contributed by atoms with Crippen LogP contribution in [-0.4, -0.2) is 10.5 Å². The zero-order chi connectivity index (χ0) is 13.8. The van der Waals surface area contributed by atoms with E-state index in [1.807, 2.05) is 17.6 Å². The Morgan fingerprint density at radius 2 is 1.95 bits per heavy atom. The summed E-state index contributed by atoms with van der Waals surface area (Å²) in [4.78, 5) is 11.7. The van der Waals surface area contributed by atoms with Crippen LogP contribution in [0.15, 0.2) is 36.4 Å². The molecule has 4 nitrogen and oxygen atoms in total. The molecular weight excluding hydrogens is 245 g/mol. The SMILES string of the molecule is CCc1ccc(C(=O)NN)n1Cc1ccc(F)cc1. The Labute approximate surface area is 111 Å². The van der Waals surface area contributed by atoms with Gasteiger partial charge in [-0.2, -0.15) is 0 Å². The fourth-order valence-electron chi connectivity index (χ4n) is 2.05. The van der Waals surface area contributed by atoms with Crippen molar-refractivity contribution < 1.29 is 9.18 Å². The molecule has 0 saturated carbocycles. The molecule has 0 radical (unpaired) electrons. The van der Waals surface area contributed by atoms with Crippen molar-refractivity contribution in [2.75, 3.05) is 0 Å². The summed E-state index contributed by atoms with van der Waals surface area (Å²) >= 11 is 0. The maximum Gasteiger partial charge on any atom is 0.281 e. The number of hydrogen-bond donors (Lipinski definition) is 2. The van der Waals surface area contributed by atoms with E-state index in [2.05, 4.69) is 5.43 Å². The van der Waals surface area contributed by atoms with E-state index in [9.17, 15) is 9.18 Å². The molecule has 0 aliphatic carbocycles. The maximum atomic E-state index is 12.9. The molecule has 100 valence electrons. The fraction of sp³-hybridized carbons (Fsp3) is 0.214. The number of halogens is 1. The van der Waals surface area contributed by atoms with Gasteiger partial charge in [0.05, 0.1) is 0 Å². The van der Waals surface area contributed by atoms with Gasteiger partial charge in [-0.3, -0.25) is 10.2 Å². The summed E-state index contributed by atoms with van der Waals surface area (Å²) in [6.07, 6.45) is 0.805. The minimum Gasteiger partial charge on any atom is -0.336 e. The van der Waals surface area contributed by atoms with Crippen molar-refractivity contribution in [1.29, 1.82) is 0 Å². The number of amides is 1. The van der Waals surface area contributed by atoms with Gasteiger partial charge in [-0.05, 0) is 36.2 Å². The van der Waals surface area contributed by atoms with Crippen molar-refractivity contribution in [3.63, 3.8) is 0 Å². The van der Waals surface area contributed by atoms with Gasteiger partial charge in [0.15, 0.2) is 0 Å². The van der Waals surface area contributed by atoms with Crippen LogP contribution in [0.25, 0.3) is 0 Å². The minimum absolute atomic E-state index is 0.271. The fourth-order valence-corrected chi connectivity index (χ4v) is 2.05. The van der Waals surface area contributed by atoms with Gasteiger partial charge in [0.2, 0.25) is 0 Å². The lowest BCUT2D eigenvalue weighted by Gasteiger charge is -2.12. The largest absolute Gasteiger partial charge is 0.336 e. The molecule has 0 bridgehead atoms. The Bertz CT molecular complexity index is 575. The number of aromatic nitrogens is 1. The molecule has 0 saturated heterocycles. The van der Waals surface area contributed by atoms with Crippen LogP contribution in [0, 0.1) is 5.82 Å². The molecule has 1 heterocycles.